The Morgan fingerprint density at radius 2 is 2.00 bits per heavy atom. The van der Waals surface area contributed by atoms with Crippen molar-refractivity contribution in [2.45, 2.75) is 38.6 Å². The number of amides is 1. The Morgan fingerprint density at radius 1 is 1.35 bits per heavy atom. The second-order valence-electron chi connectivity index (χ2n) is 5.64. The fraction of sp³-hybridized carbons (Fsp3) is 0.500. The number of thiocarbonyl (C=S) groups is 1. The molecule has 1 amide bonds. The van der Waals surface area contributed by atoms with Crippen molar-refractivity contribution in [2.75, 3.05) is 6.54 Å². The first-order valence-electron chi connectivity index (χ1n) is 7.17. The molecule has 3 atom stereocenters. The molecule has 1 aliphatic heterocycles. The molecule has 4 heteroatoms. The standard InChI is InChI=1S/C16H22N2OS/c1-11-7-6-10-18(12(11)2)16(19)14(15(17)20)13-8-4-3-5-9-13/h3-5,8-9,11-12,14H,6-7,10H2,1-2H3,(H2,17,20). The third-order valence-electron chi connectivity index (χ3n) is 4.32. The Kier molecular flexibility index (Phi) is 4.76. The van der Waals surface area contributed by atoms with Crippen molar-refractivity contribution in [1.29, 1.82) is 0 Å². The molecule has 0 saturated carbocycles. The van der Waals surface area contributed by atoms with Gasteiger partial charge in [0.25, 0.3) is 0 Å². The van der Waals surface area contributed by atoms with Gasteiger partial charge < -0.3 is 10.6 Å². The topological polar surface area (TPSA) is 46.3 Å². The van der Waals surface area contributed by atoms with Crippen molar-refractivity contribution in [3.05, 3.63) is 35.9 Å². The van der Waals surface area contributed by atoms with Crippen LogP contribution in [0.25, 0.3) is 0 Å². The highest BCUT2D eigenvalue weighted by Gasteiger charge is 2.34. The Morgan fingerprint density at radius 3 is 2.60 bits per heavy atom. The SMILES string of the molecule is CC1CCCN(C(=O)C(C(N)=S)c2ccccc2)C1C. The summed E-state index contributed by atoms with van der Waals surface area (Å²) in [6.45, 7) is 5.11. The third kappa shape index (κ3) is 3.01. The zero-order valence-electron chi connectivity index (χ0n) is 12.1. The molecule has 2 N–H and O–H groups in total. The summed E-state index contributed by atoms with van der Waals surface area (Å²) < 4.78 is 0. The lowest BCUT2D eigenvalue weighted by molar-refractivity contribution is -0.135. The van der Waals surface area contributed by atoms with E-state index in [2.05, 4.69) is 13.8 Å². The summed E-state index contributed by atoms with van der Waals surface area (Å²) in [6, 6.07) is 9.83. The van der Waals surface area contributed by atoms with E-state index >= 15 is 0 Å². The summed E-state index contributed by atoms with van der Waals surface area (Å²) in [7, 11) is 0. The predicted octanol–water partition coefficient (Wildman–Crippen LogP) is 2.70. The van der Waals surface area contributed by atoms with Crippen LogP contribution in [0.5, 0.6) is 0 Å². The lowest BCUT2D eigenvalue weighted by Gasteiger charge is -2.39. The van der Waals surface area contributed by atoms with Crippen LogP contribution in [0.4, 0.5) is 0 Å². The van der Waals surface area contributed by atoms with Crippen molar-refractivity contribution in [2.24, 2.45) is 11.7 Å². The molecule has 1 aliphatic rings. The van der Waals surface area contributed by atoms with Crippen LogP contribution in [0, 0.1) is 5.92 Å². The van der Waals surface area contributed by atoms with E-state index in [0.717, 1.165) is 18.5 Å². The highest BCUT2D eigenvalue weighted by Crippen LogP contribution is 2.27. The van der Waals surface area contributed by atoms with E-state index in [1.54, 1.807) is 0 Å². The van der Waals surface area contributed by atoms with Crippen LogP contribution >= 0.6 is 12.2 Å². The van der Waals surface area contributed by atoms with E-state index in [9.17, 15) is 4.79 Å². The second-order valence-corrected chi connectivity index (χ2v) is 6.11. The van der Waals surface area contributed by atoms with Gasteiger partial charge in [-0.3, -0.25) is 4.79 Å². The molecule has 0 bridgehead atoms. The van der Waals surface area contributed by atoms with Crippen molar-refractivity contribution in [1.82, 2.24) is 4.90 Å². The summed E-state index contributed by atoms with van der Waals surface area (Å²) in [6.07, 6.45) is 2.23. The maximum atomic E-state index is 12.9. The molecule has 3 unspecified atom stereocenters. The quantitative estimate of drug-likeness (QED) is 0.871. The Hall–Kier alpha value is -1.42. The summed E-state index contributed by atoms with van der Waals surface area (Å²) >= 11 is 5.14. The molecule has 1 aromatic rings. The molecule has 0 radical (unpaired) electrons. The van der Waals surface area contributed by atoms with Gasteiger partial charge in [-0.15, -0.1) is 0 Å². The van der Waals surface area contributed by atoms with Crippen LogP contribution in [-0.4, -0.2) is 28.4 Å². The number of carbonyl (C=O) groups excluding carboxylic acids is 1. The first kappa shape index (κ1) is 15.0. The first-order valence-corrected chi connectivity index (χ1v) is 7.58. The van der Waals surface area contributed by atoms with Crippen molar-refractivity contribution in [3.8, 4) is 0 Å². The fourth-order valence-corrected chi connectivity index (χ4v) is 3.12. The molecule has 3 nitrogen and oxygen atoms in total. The number of hydrogen-bond acceptors (Lipinski definition) is 2. The molecule has 0 aliphatic carbocycles. The lowest BCUT2D eigenvalue weighted by Crippen LogP contribution is -2.49. The number of nitrogens with zero attached hydrogens (tertiary/aromatic N) is 1. The minimum atomic E-state index is -0.501. The van der Waals surface area contributed by atoms with Crippen LogP contribution in [0.15, 0.2) is 30.3 Å². The molecule has 2 rings (SSSR count). The number of piperidine rings is 1. The Balaban J connectivity index is 2.26. The number of rotatable bonds is 3. The maximum Gasteiger partial charge on any atom is 0.237 e. The van der Waals surface area contributed by atoms with Gasteiger partial charge in [0, 0.05) is 12.6 Å². The van der Waals surface area contributed by atoms with Gasteiger partial charge in [-0.1, -0.05) is 49.5 Å². The number of likely N-dealkylation sites (tertiary alicyclic amines) is 1. The van der Waals surface area contributed by atoms with Gasteiger partial charge in [0.05, 0.1) is 4.99 Å². The number of hydrogen-bond donors (Lipinski definition) is 1. The van der Waals surface area contributed by atoms with Crippen LogP contribution in [-0.2, 0) is 4.79 Å². The summed E-state index contributed by atoms with van der Waals surface area (Å²) in [5.74, 6) is 0.0668. The van der Waals surface area contributed by atoms with Gasteiger partial charge >= 0.3 is 0 Å². The molecule has 1 heterocycles. The Labute approximate surface area is 126 Å². The van der Waals surface area contributed by atoms with Crippen LogP contribution in [0.1, 0.15) is 38.2 Å². The van der Waals surface area contributed by atoms with Crippen LogP contribution < -0.4 is 5.73 Å². The van der Waals surface area contributed by atoms with E-state index in [0.29, 0.717) is 5.92 Å². The normalized spacial score (nSPS) is 24.2. The number of nitrogens with two attached hydrogens (primary N) is 1. The molecular weight excluding hydrogens is 268 g/mol. The van der Waals surface area contributed by atoms with E-state index in [4.69, 9.17) is 18.0 Å². The van der Waals surface area contributed by atoms with Gasteiger partial charge in [-0.2, -0.15) is 0 Å². The monoisotopic (exact) mass is 290 g/mol. The minimum absolute atomic E-state index is 0.0442. The molecular formula is C16H22N2OS. The third-order valence-corrected chi connectivity index (χ3v) is 4.56. The van der Waals surface area contributed by atoms with E-state index in [1.165, 1.54) is 6.42 Å². The number of benzene rings is 1. The van der Waals surface area contributed by atoms with Crippen LogP contribution in [0.2, 0.25) is 0 Å². The highest BCUT2D eigenvalue weighted by atomic mass is 32.1. The van der Waals surface area contributed by atoms with Crippen molar-refractivity contribution >= 4 is 23.1 Å². The smallest absolute Gasteiger partial charge is 0.237 e. The fourth-order valence-electron chi connectivity index (χ4n) is 2.89. The minimum Gasteiger partial charge on any atom is -0.392 e. The van der Waals surface area contributed by atoms with E-state index in [1.807, 2.05) is 35.2 Å². The second kappa shape index (κ2) is 6.35. The largest absolute Gasteiger partial charge is 0.392 e. The summed E-state index contributed by atoms with van der Waals surface area (Å²) in [5, 5.41) is 0. The van der Waals surface area contributed by atoms with E-state index in [-0.39, 0.29) is 16.9 Å². The van der Waals surface area contributed by atoms with Gasteiger partial charge in [-0.25, -0.2) is 0 Å². The average molecular weight is 290 g/mol. The van der Waals surface area contributed by atoms with Crippen LogP contribution in [0.3, 0.4) is 0 Å². The van der Waals surface area contributed by atoms with E-state index < -0.39 is 5.92 Å². The molecule has 0 spiro atoms. The zero-order valence-corrected chi connectivity index (χ0v) is 12.9. The molecule has 0 aromatic heterocycles. The van der Waals surface area contributed by atoms with Gasteiger partial charge in [0.1, 0.15) is 5.92 Å². The average Bonchev–Trinajstić information content (AvgIpc) is 2.42. The van der Waals surface area contributed by atoms with Gasteiger partial charge in [0.15, 0.2) is 0 Å². The maximum absolute atomic E-state index is 12.9. The zero-order chi connectivity index (χ0) is 14.7. The molecule has 1 saturated heterocycles. The molecule has 1 aromatic carbocycles. The molecule has 108 valence electrons. The lowest BCUT2D eigenvalue weighted by atomic mass is 9.89. The van der Waals surface area contributed by atoms with Crippen molar-refractivity contribution in [3.63, 3.8) is 0 Å². The Bertz CT molecular complexity index is 489. The highest BCUT2D eigenvalue weighted by molar-refractivity contribution is 7.80. The predicted molar refractivity (Wildman–Crippen MR) is 85.5 cm³/mol. The number of carbonyl (C=O) groups is 1. The molecule has 1 fully saturated rings. The van der Waals surface area contributed by atoms with Gasteiger partial charge in [0.2, 0.25) is 5.91 Å². The summed E-state index contributed by atoms with van der Waals surface area (Å²) in [4.78, 5) is 15.1. The summed E-state index contributed by atoms with van der Waals surface area (Å²) in [5.41, 5.74) is 6.73. The first-order chi connectivity index (χ1) is 9.52. The van der Waals surface area contributed by atoms with Gasteiger partial charge in [-0.05, 0) is 31.2 Å². The molecule has 20 heavy (non-hydrogen) atoms. The van der Waals surface area contributed by atoms with Crippen molar-refractivity contribution < 1.29 is 4.79 Å².